The smallest absolute Gasteiger partial charge is 0.338 e. The highest BCUT2D eigenvalue weighted by Crippen LogP contribution is 2.28. The molecule has 0 bridgehead atoms. The highest BCUT2D eigenvalue weighted by Gasteiger charge is 2.36. The van der Waals surface area contributed by atoms with Crippen molar-refractivity contribution in [3.05, 3.63) is 65.2 Å². The van der Waals surface area contributed by atoms with Crippen molar-refractivity contribution in [1.82, 2.24) is 4.90 Å². The van der Waals surface area contributed by atoms with Gasteiger partial charge in [0.2, 0.25) is 5.91 Å². The molecule has 1 fully saturated rings. The molecule has 1 saturated heterocycles. The topological polar surface area (TPSA) is 84.0 Å². The highest BCUT2D eigenvalue weighted by molar-refractivity contribution is 6.34. The lowest BCUT2D eigenvalue weighted by molar-refractivity contribution is -0.128. The number of anilines is 1. The number of carbonyl (C=O) groups excluding carboxylic acids is 4. The van der Waals surface area contributed by atoms with Gasteiger partial charge < -0.3 is 9.64 Å². The first-order valence-electron chi connectivity index (χ1n) is 9.09. The van der Waals surface area contributed by atoms with Crippen molar-refractivity contribution >= 4 is 29.4 Å². The molecule has 142 valence electrons. The molecule has 0 spiro atoms. The molecule has 0 atom stereocenters. The molecule has 0 N–H and O–H groups in total. The highest BCUT2D eigenvalue weighted by atomic mass is 16.5. The van der Waals surface area contributed by atoms with Gasteiger partial charge in [-0.15, -0.1) is 0 Å². The van der Waals surface area contributed by atoms with Gasteiger partial charge in [-0.25, -0.2) is 9.69 Å². The van der Waals surface area contributed by atoms with Gasteiger partial charge in [-0.2, -0.15) is 0 Å². The van der Waals surface area contributed by atoms with Crippen molar-refractivity contribution in [2.24, 2.45) is 0 Å². The van der Waals surface area contributed by atoms with Crippen LogP contribution in [-0.4, -0.2) is 48.3 Å². The number of hydrogen-bond donors (Lipinski definition) is 0. The number of hydrogen-bond acceptors (Lipinski definition) is 5. The third-order valence-corrected chi connectivity index (χ3v) is 4.90. The van der Waals surface area contributed by atoms with Crippen LogP contribution in [0.25, 0.3) is 0 Å². The van der Waals surface area contributed by atoms with Crippen LogP contribution < -0.4 is 4.90 Å². The SMILES string of the molecule is O=C(OCCN1CCCC1=O)c1cccc(N2C(=O)c3ccccc3C2=O)c1. The summed E-state index contributed by atoms with van der Waals surface area (Å²) in [6.45, 7) is 1.15. The number of imide groups is 1. The second-order valence-corrected chi connectivity index (χ2v) is 6.66. The van der Waals surface area contributed by atoms with Crippen molar-refractivity contribution in [3.63, 3.8) is 0 Å². The number of benzene rings is 2. The zero-order chi connectivity index (χ0) is 19.7. The van der Waals surface area contributed by atoms with Gasteiger partial charge in [0, 0.05) is 13.0 Å². The molecule has 2 aliphatic heterocycles. The summed E-state index contributed by atoms with van der Waals surface area (Å²) in [5.41, 5.74) is 1.24. The Morgan fingerprint density at radius 1 is 0.964 bits per heavy atom. The van der Waals surface area contributed by atoms with Gasteiger partial charge in [0.1, 0.15) is 6.61 Å². The van der Waals surface area contributed by atoms with Gasteiger partial charge in [-0.3, -0.25) is 14.4 Å². The van der Waals surface area contributed by atoms with Crippen LogP contribution in [-0.2, 0) is 9.53 Å². The molecule has 2 aromatic carbocycles. The molecule has 4 rings (SSSR count). The quantitative estimate of drug-likeness (QED) is 0.589. The van der Waals surface area contributed by atoms with Crippen molar-refractivity contribution < 1.29 is 23.9 Å². The Morgan fingerprint density at radius 3 is 2.32 bits per heavy atom. The molecule has 2 heterocycles. The minimum atomic E-state index is -0.565. The predicted octanol–water partition coefficient (Wildman–Crippen LogP) is 2.27. The van der Waals surface area contributed by atoms with Gasteiger partial charge in [0.15, 0.2) is 0 Å². The second kappa shape index (κ2) is 7.26. The van der Waals surface area contributed by atoms with E-state index in [1.165, 1.54) is 6.07 Å². The van der Waals surface area contributed by atoms with E-state index in [1.54, 1.807) is 47.4 Å². The Bertz CT molecular complexity index is 949. The van der Waals surface area contributed by atoms with E-state index >= 15 is 0 Å². The number of esters is 1. The third kappa shape index (κ3) is 3.15. The van der Waals surface area contributed by atoms with E-state index in [4.69, 9.17) is 4.74 Å². The van der Waals surface area contributed by atoms with Gasteiger partial charge in [0.05, 0.1) is 28.9 Å². The standard InChI is InChI=1S/C21H18N2O5/c24-18-9-4-10-22(18)11-12-28-21(27)14-5-3-6-15(13-14)23-19(25)16-7-1-2-8-17(16)20(23)26/h1-3,5-8,13H,4,9-12H2. The first kappa shape index (κ1) is 17.9. The van der Waals surface area contributed by atoms with Crippen LogP contribution in [0.2, 0.25) is 0 Å². The molecule has 0 aliphatic carbocycles. The van der Waals surface area contributed by atoms with Crippen LogP contribution in [0.15, 0.2) is 48.5 Å². The van der Waals surface area contributed by atoms with Gasteiger partial charge >= 0.3 is 5.97 Å². The first-order chi connectivity index (χ1) is 13.6. The lowest BCUT2D eigenvalue weighted by atomic mass is 10.1. The molecule has 2 aliphatic rings. The zero-order valence-electron chi connectivity index (χ0n) is 15.1. The molecule has 0 unspecified atom stereocenters. The first-order valence-corrected chi connectivity index (χ1v) is 9.09. The molecule has 0 saturated carbocycles. The van der Waals surface area contributed by atoms with Crippen LogP contribution in [0.1, 0.15) is 43.9 Å². The fourth-order valence-electron chi connectivity index (χ4n) is 3.47. The monoisotopic (exact) mass is 378 g/mol. The Morgan fingerprint density at radius 2 is 1.68 bits per heavy atom. The fourth-order valence-corrected chi connectivity index (χ4v) is 3.47. The van der Waals surface area contributed by atoms with Crippen molar-refractivity contribution in [3.8, 4) is 0 Å². The maximum Gasteiger partial charge on any atom is 0.338 e. The van der Waals surface area contributed by atoms with E-state index in [9.17, 15) is 19.2 Å². The van der Waals surface area contributed by atoms with E-state index in [2.05, 4.69) is 0 Å². The van der Waals surface area contributed by atoms with E-state index in [0.29, 0.717) is 36.3 Å². The van der Waals surface area contributed by atoms with Crippen LogP contribution in [0, 0.1) is 0 Å². The van der Waals surface area contributed by atoms with Gasteiger partial charge in [-0.1, -0.05) is 18.2 Å². The normalized spacial score (nSPS) is 15.9. The van der Waals surface area contributed by atoms with E-state index in [-0.39, 0.29) is 18.1 Å². The summed E-state index contributed by atoms with van der Waals surface area (Å²) in [7, 11) is 0. The van der Waals surface area contributed by atoms with E-state index in [1.807, 2.05) is 0 Å². The summed E-state index contributed by atoms with van der Waals surface area (Å²) < 4.78 is 5.25. The summed E-state index contributed by atoms with van der Waals surface area (Å²) in [6, 6.07) is 12.8. The molecule has 7 nitrogen and oxygen atoms in total. The maximum absolute atomic E-state index is 12.6. The Kier molecular flexibility index (Phi) is 4.65. The maximum atomic E-state index is 12.6. The minimum Gasteiger partial charge on any atom is -0.460 e. The molecule has 0 radical (unpaired) electrons. The zero-order valence-corrected chi connectivity index (χ0v) is 15.1. The molecular formula is C21H18N2O5. The number of amides is 3. The Labute approximate surface area is 161 Å². The summed E-state index contributed by atoms with van der Waals surface area (Å²) >= 11 is 0. The average Bonchev–Trinajstić information content (AvgIpc) is 3.23. The Hall–Kier alpha value is -3.48. The number of rotatable bonds is 5. The molecule has 7 heteroatoms. The van der Waals surface area contributed by atoms with Gasteiger partial charge in [-0.05, 0) is 36.8 Å². The number of likely N-dealkylation sites (tertiary alicyclic amines) is 1. The summed E-state index contributed by atoms with van der Waals surface area (Å²) in [5, 5.41) is 0. The fraction of sp³-hybridized carbons (Fsp3) is 0.238. The van der Waals surface area contributed by atoms with Crippen molar-refractivity contribution in [2.75, 3.05) is 24.6 Å². The largest absolute Gasteiger partial charge is 0.460 e. The van der Waals surface area contributed by atoms with Crippen molar-refractivity contribution in [2.45, 2.75) is 12.8 Å². The minimum absolute atomic E-state index is 0.0728. The number of ether oxygens (including phenoxy) is 1. The Balaban J connectivity index is 1.46. The predicted molar refractivity (Wildman–Crippen MR) is 100 cm³/mol. The molecule has 2 aromatic rings. The van der Waals surface area contributed by atoms with E-state index < -0.39 is 17.8 Å². The molecule has 3 amide bonds. The number of fused-ring (bicyclic) bond motifs is 1. The molecular weight excluding hydrogens is 360 g/mol. The molecule has 28 heavy (non-hydrogen) atoms. The third-order valence-electron chi connectivity index (χ3n) is 4.90. The van der Waals surface area contributed by atoms with Crippen LogP contribution in [0.4, 0.5) is 5.69 Å². The average molecular weight is 378 g/mol. The summed E-state index contributed by atoms with van der Waals surface area (Å²) in [5.74, 6) is -1.33. The lowest BCUT2D eigenvalue weighted by Crippen LogP contribution is -2.30. The van der Waals surface area contributed by atoms with Gasteiger partial charge in [0.25, 0.3) is 11.8 Å². The van der Waals surface area contributed by atoms with Crippen LogP contribution in [0.5, 0.6) is 0 Å². The summed E-state index contributed by atoms with van der Waals surface area (Å²) in [6.07, 6.45) is 1.37. The van der Waals surface area contributed by atoms with Crippen LogP contribution >= 0.6 is 0 Å². The summed E-state index contributed by atoms with van der Waals surface area (Å²) in [4.78, 5) is 51.8. The second-order valence-electron chi connectivity index (χ2n) is 6.66. The van der Waals surface area contributed by atoms with Crippen molar-refractivity contribution in [1.29, 1.82) is 0 Å². The lowest BCUT2D eigenvalue weighted by Gasteiger charge is -2.16. The van der Waals surface area contributed by atoms with Crippen LogP contribution in [0.3, 0.4) is 0 Å². The number of nitrogens with zero attached hydrogens (tertiary/aromatic N) is 2. The number of carbonyl (C=O) groups is 4. The van der Waals surface area contributed by atoms with E-state index in [0.717, 1.165) is 11.3 Å². The molecule has 0 aromatic heterocycles.